The second kappa shape index (κ2) is 8.88. The van der Waals surface area contributed by atoms with Gasteiger partial charge in [-0.15, -0.1) is 0 Å². The van der Waals surface area contributed by atoms with Gasteiger partial charge in [-0.1, -0.05) is 35.6 Å². The number of amides is 1. The maximum absolute atomic E-state index is 13.9. The van der Waals surface area contributed by atoms with Crippen LogP contribution in [0.25, 0.3) is 21.0 Å². The highest BCUT2D eigenvalue weighted by Gasteiger charge is 2.25. The summed E-state index contributed by atoms with van der Waals surface area (Å²) in [4.78, 5) is 22.5. The van der Waals surface area contributed by atoms with Gasteiger partial charge in [0.05, 0.1) is 22.9 Å². The third kappa shape index (κ3) is 4.19. The smallest absolute Gasteiger partial charge is 0.263 e. The second-order valence-corrected chi connectivity index (χ2v) is 9.19. The molecule has 0 fully saturated rings. The number of carbonyl (C=O) groups is 1. The van der Waals surface area contributed by atoms with Gasteiger partial charge in [0.1, 0.15) is 5.75 Å². The molecule has 0 radical (unpaired) electrons. The minimum Gasteiger partial charge on any atom is -0.496 e. The average Bonchev–Trinajstić information content (AvgIpc) is 3.44. The minimum atomic E-state index is -0.129. The molecule has 4 aromatic rings. The van der Waals surface area contributed by atoms with Gasteiger partial charge < -0.3 is 19.1 Å². The summed E-state index contributed by atoms with van der Waals surface area (Å²) in [5.41, 5.74) is 1.31. The molecule has 1 amide bonds. The molecule has 0 saturated heterocycles. The molecule has 0 atom stereocenters. The fourth-order valence-electron chi connectivity index (χ4n) is 3.95. The number of nitrogens with zero attached hydrogens (tertiary/aromatic N) is 3. The zero-order valence-electron chi connectivity index (χ0n) is 18.8. The van der Waals surface area contributed by atoms with Crippen molar-refractivity contribution in [2.45, 2.75) is 6.42 Å². The molecule has 0 spiro atoms. The monoisotopic (exact) mass is 463 g/mol. The third-order valence-electron chi connectivity index (χ3n) is 5.63. The summed E-state index contributed by atoms with van der Waals surface area (Å²) in [6.07, 6.45) is 0.813. The van der Waals surface area contributed by atoms with Crippen LogP contribution in [0.15, 0.2) is 48.5 Å². The highest BCUT2D eigenvalue weighted by Crippen LogP contribution is 2.40. The Balaban J connectivity index is 1.56. The number of hydrogen-bond donors (Lipinski definition) is 0. The lowest BCUT2D eigenvalue weighted by Crippen LogP contribution is -2.33. The van der Waals surface area contributed by atoms with Crippen molar-refractivity contribution in [3.8, 4) is 17.2 Å². The van der Waals surface area contributed by atoms with Crippen LogP contribution >= 0.6 is 11.3 Å². The fraction of sp³-hybridized carbons (Fsp3) is 0.280. The standard InChI is InChI=1S/C25H25N3O4S/c1-27(2)9-6-10-28(25-26-19-13-21-22(32-15-31-21)14-23(19)33-25)24(29)18-11-16-7-4-5-8-17(16)12-20(18)30-3/h4-5,7-8,11-14H,6,9-10,15H2,1-3H3. The molecule has 0 bridgehead atoms. The van der Waals surface area contributed by atoms with Crippen molar-refractivity contribution in [2.75, 3.05) is 46.0 Å². The average molecular weight is 464 g/mol. The number of anilines is 1. The third-order valence-corrected chi connectivity index (χ3v) is 6.67. The number of fused-ring (bicyclic) bond motifs is 3. The van der Waals surface area contributed by atoms with Gasteiger partial charge in [0, 0.05) is 18.7 Å². The highest BCUT2D eigenvalue weighted by atomic mass is 32.1. The van der Waals surface area contributed by atoms with Gasteiger partial charge in [-0.05, 0) is 50.0 Å². The van der Waals surface area contributed by atoms with Crippen LogP contribution in [0, 0.1) is 0 Å². The molecule has 2 heterocycles. The van der Waals surface area contributed by atoms with Crippen LogP contribution in [0.3, 0.4) is 0 Å². The van der Waals surface area contributed by atoms with E-state index >= 15 is 0 Å². The Morgan fingerprint density at radius 1 is 1.06 bits per heavy atom. The van der Waals surface area contributed by atoms with Gasteiger partial charge in [0.15, 0.2) is 16.6 Å². The van der Waals surface area contributed by atoms with Gasteiger partial charge >= 0.3 is 0 Å². The molecule has 0 aliphatic carbocycles. The highest BCUT2D eigenvalue weighted by molar-refractivity contribution is 7.22. The van der Waals surface area contributed by atoms with Crippen LogP contribution in [0.5, 0.6) is 17.2 Å². The molecule has 0 N–H and O–H groups in total. The second-order valence-electron chi connectivity index (χ2n) is 8.18. The lowest BCUT2D eigenvalue weighted by Gasteiger charge is -2.22. The summed E-state index contributed by atoms with van der Waals surface area (Å²) in [6, 6.07) is 15.6. The molecule has 33 heavy (non-hydrogen) atoms. The number of benzene rings is 3. The minimum absolute atomic E-state index is 0.129. The Morgan fingerprint density at radius 3 is 2.52 bits per heavy atom. The Hall–Kier alpha value is -3.36. The van der Waals surface area contributed by atoms with Crippen molar-refractivity contribution in [3.63, 3.8) is 0 Å². The maximum Gasteiger partial charge on any atom is 0.263 e. The first-order chi connectivity index (χ1) is 16.0. The summed E-state index contributed by atoms with van der Waals surface area (Å²) in [7, 11) is 5.64. The summed E-state index contributed by atoms with van der Waals surface area (Å²) in [5.74, 6) is 1.81. The van der Waals surface area contributed by atoms with E-state index in [0.717, 1.165) is 34.0 Å². The summed E-state index contributed by atoms with van der Waals surface area (Å²) in [6.45, 7) is 1.62. The number of thiazole rings is 1. The quantitative estimate of drug-likeness (QED) is 0.393. The lowest BCUT2D eigenvalue weighted by molar-refractivity contribution is 0.0983. The number of ether oxygens (including phenoxy) is 3. The van der Waals surface area contributed by atoms with E-state index in [1.54, 1.807) is 12.0 Å². The molecule has 0 saturated carbocycles. The molecule has 3 aromatic carbocycles. The van der Waals surface area contributed by atoms with E-state index in [9.17, 15) is 4.79 Å². The first-order valence-electron chi connectivity index (χ1n) is 10.8. The molecule has 5 rings (SSSR count). The van der Waals surface area contributed by atoms with Gasteiger partial charge in [-0.3, -0.25) is 9.69 Å². The zero-order valence-corrected chi connectivity index (χ0v) is 19.6. The van der Waals surface area contributed by atoms with Crippen LogP contribution in [0.1, 0.15) is 16.8 Å². The van der Waals surface area contributed by atoms with Crippen molar-refractivity contribution >= 4 is 43.4 Å². The molecular weight excluding hydrogens is 438 g/mol. The van der Waals surface area contributed by atoms with E-state index in [2.05, 4.69) is 4.90 Å². The fourth-order valence-corrected chi connectivity index (χ4v) is 4.95. The Bertz CT molecular complexity index is 1290. The van der Waals surface area contributed by atoms with E-state index in [-0.39, 0.29) is 12.7 Å². The van der Waals surface area contributed by atoms with Crippen molar-refractivity contribution in [3.05, 3.63) is 54.1 Å². The number of hydrogen-bond acceptors (Lipinski definition) is 7. The van der Waals surface area contributed by atoms with Crippen LogP contribution in [0.2, 0.25) is 0 Å². The number of rotatable bonds is 7. The Morgan fingerprint density at radius 2 is 1.79 bits per heavy atom. The first-order valence-corrected chi connectivity index (χ1v) is 11.6. The Labute approximate surface area is 196 Å². The van der Waals surface area contributed by atoms with E-state index in [1.165, 1.54) is 11.3 Å². The molecular formula is C25H25N3O4S. The summed E-state index contributed by atoms with van der Waals surface area (Å²) < 4.78 is 17.6. The molecule has 7 nitrogen and oxygen atoms in total. The molecule has 1 aromatic heterocycles. The predicted molar refractivity (Wildman–Crippen MR) is 131 cm³/mol. The van der Waals surface area contributed by atoms with Crippen molar-refractivity contribution in [1.82, 2.24) is 9.88 Å². The van der Waals surface area contributed by atoms with Crippen LogP contribution < -0.4 is 19.1 Å². The lowest BCUT2D eigenvalue weighted by atomic mass is 10.0. The van der Waals surface area contributed by atoms with Gasteiger partial charge in [0.25, 0.3) is 5.91 Å². The molecule has 1 aliphatic rings. The molecule has 1 aliphatic heterocycles. The topological polar surface area (TPSA) is 64.1 Å². The number of aromatic nitrogens is 1. The zero-order chi connectivity index (χ0) is 22.9. The van der Waals surface area contributed by atoms with Crippen molar-refractivity contribution in [2.24, 2.45) is 0 Å². The van der Waals surface area contributed by atoms with Gasteiger partial charge in [-0.2, -0.15) is 0 Å². The predicted octanol–water partition coefficient (Wildman–Crippen LogP) is 4.79. The number of methoxy groups -OCH3 is 1. The Kier molecular flexibility index (Phi) is 5.78. The molecule has 8 heteroatoms. The van der Waals surface area contributed by atoms with Crippen molar-refractivity contribution in [1.29, 1.82) is 0 Å². The largest absolute Gasteiger partial charge is 0.496 e. The van der Waals surface area contributed by atoms with E-state index in [4.69, 9.17) is 19.2 Å². The van der Waals surface area contributed by atoms with E-state index in [0.29, 0.717) is 34.5 Å². The van der Waals surface area contributed by atoms with Crippen LogP contribution in [0.4, 0.5) is 5.13 Å². The number of carbonyl (C=O) groups excluding carboxylic acids is 1. The summed E-state index contributed by atoms with van der Waals surface area (Å²) >= 11 is 1.47. The normalized spacial score (nSPS) is 12.6. The van der Waals surface area contributed by atoms with Crippen molar-refractivity contribution < 1.29 is 19.0 Å². The summed E-state index contributed by atoms with van der Waals surface area (Å²) in [5, 5.41) is 2.66. The van der Waals surface area contributed by atoms with Crippen LogP contribution in [-0.2, 0) is 0 Å². The SMILES string of the molecule is COc1cc2ccccc2cc1C(=O)N(CCCN(C)C)c1nc2cc3c(cc2s1)OCO3. The van der Waals surface area contributed by atoms with E-state index in [1.807, 2.05) is 62.6 Å². The van der Waals surface area contributed by atoms with E-state index < -0.39 is 0 Å². The van der Waals surface area contributed by atoms with Gasteiger partial charge in [-0.25, -0.2) is 4.98 Å². The maximum atomic E-state index is 13.9. The first kappa shape index (κ1) is 21.5. The molecule has 170 valence electrons. The molecule has 0 unspecified atom stereocenters. The van der Waals surface area contributed by atoms with Crippen LogP contribution in [-0.4, -0.2) is 56.9 Å². The van der Waals surface area contributed by atoms with Gasteiger partial charge in [0.2, 0.25) is 6.79 Å².